The quantitative estimate of drug-likeness (QED) is 0.257. The van der Waals surface area contributed by atoms with Crippen molar-refractivity contribution < 1.29 is 35.1 Å². The third-order valence-electron chi connectivity index (χ3n) is 8.29. The third-order valence-corrected chi connectivity index (χ3v) is 8.29. The van der Waals surface area contributed by atoms with Gasteiger partial charge in [-0.3, -0.25) is 0 Å². The molecule has 2 aliphatic carbocycles. The van der Waals surface area contributed by atoms with E-state index in [0.29, 0.717) is 17.8 Å². The molecule has 8 heteroatoms. The highest BCUT2D eigenvalue weighted by Crippen LogP contribution is 2.45. The van der Waals surface area contributed by atoms with E-state index >= 15 is 0 Å². The Kier molecular flexibility index (Phi) is 17.6. The van der Waals surface area contributed by atoms with Gasteiger partial charge in [0.15, 0.2) is 0 Å². The van der Waals surface area contributed by atoms with Crippen molar-refractivity contribution in [3.8, 4) is 0 Å². The van der Waals surface area contributed by atoms with Crippen LogP contribution in [0.25, 0.3) is 0 Å². The fraction of sp³-hybridized carbons (Fsp3) is 1.00. The van der Waals surface area contributed by atoms with Crippen molar-refractivity contribution in [3.63, 3.8) is 0 Å². The lowest BCUT2D eigenvalue weighted by Crippen LogP contribution is -2.39. The first kappa shape index (κ1) is 41.6. The number of halogens is 8. The molecule has 0 radical (unpaired) electrons. The Bertz CT molecular complexity index is 640. The van der Waals surface area contributed by atoms with Gasteiger partial charge in [0.2, 0.25) is 0 Å². The summed E-state index contributed by atoms with van der Waals surface area (Å²) in [5.41, 5.74) is -1.64. The monoisotopic (exact) mass is 596 g/mol. The molecule has 2 rings (SSSR count). The molecule has 244 valence electrons. The van der Waals surface area contributed by atoms with Crippen LogP contribution < -0.4 is 0 Å². The Morgan fingerprint density at radius 2 is 1.02 bits per heavy atom. The molecule has 2 saturated carbocycles. The normalized spacial score (nSPS) is 28.7. The fourth-order valence-corrected chi connectivity index (χ4v) is 5.20. The molecule has 3 unspecified atom stereocenters. The molecular weight excluding hydrogens is 536 g/mol. The maximum absolute atomic E-state index is 12.9. The topological polar surface area (TPSA) is 0 Å². The lowest BCUT2D eigenvalue weighted by molar-refractivity contribution is -0.185. The van der Waals surface area contributed by atoms with Crippen LogP contribution in [-0.4, -0.2) is 23.7 Å². The van der Waals surface area contributed by atoms with Gasteiger partial charge in [0.05, 0.1) is 11.8 Å². The molecule has 0 aromatic carbocycles. The van der Waals surface area contributed by atoms with E-state index in [1.54, 1.807) is 34.6 Å². The molecule has 40 heavy (non-hydrogen) atoms. The van der Waals surface area contributed by atoms with Crippen molar-refractivity contribution in [2.24, 2.45) is 53.3 Å². The average molecular weight is 597 g/mol. The van der Waals surface area contributed by atoms with Gasteiger partial charge in [0.25, 0.3) is 0 Å². The molecule has 3 atom stereocenters. The maximum Gasteiger partial charge on any atom is 0.391 e. The second-order valence-electron chi connectivity index (χ2n) is 14.6. The minimum absolute atomic E-state index is 0.0895. The fourth-order valence-electron chi connectivity index (χ4n) is 5.20. The Hall–Kier alpha value is -0.560. The van der Waals surface area contributed by atoms with E-state index in [-0.39, 0.29) is 24.2 Å². The summed E-state index contributed by atoms with van der Waals surface area (Å²) < 4.78 is 97.3. The van der Waals surface area contributed by atoms with E-state index in [4.69, 9.17) is 0 Å². The van der Waals surface area contributed by atoms with Gasteiger partial charge in [0, 0.05) is 0 Å². The van der Waals surface area contributed by atoms with Gasteiger partial charge in [0.1, 0.15) is 11.3 Å². The summed E-state index contributed by atoms with van der Waals surface area (Å²) in [5.74, 6) is 0.304. The minimum atomic E-state index is -4.04. The second kappa shape index (κ2) is 16.9. The third kappa shape index (κ3) is 18.8. The van der Waals surface area contributed by atoms with Crippen LogP contribution in [0.4, 0.5) is 35.1 Å². The van der Waals surface area contributed by atoms with E-state index in [9.17, 15) is 35.1 Å². The summed E-state index contributed by atoms with van der Waals surface area (Å²) in [6.45, 7) is 23.5. The summed E-state index contributed by atoms with van der Waals surface area (Å²) in [5, 5.41) is 0. The maximum atomic E-state index is 12.9. The Labute approximate surface area is 240 Å². The van der Waals surface area contributed by atoms with Crippen molar-refractivity contribution in [2.45, 2.75) is 152 Å². The van der Waals surface area contributed by atoms with Gasteiger partial charge in [-0.15, -0.1) is 0 Å². The highest BCUT2D eigenvalue weighted by Gasteiger charge is 2.42. The van der Waals surface area contributed by atoms with Crippen LogP contribution in [0, 0.1) is 53.3 Å². The van der Waals surface area contributed by atoms with Gasteiger partial charge in [-0.05, 0) is 93.8 Å². The summed E-state index contributed by atoms with van der Waals surface area (Å²) in [4.78, 5) is 0. The largest absolute Gasteiger partial charge is 0.391 e. The molecule has 0 nitrogen and oxygen atoms in total. The Morgan fingerprint density at radius 1 is 0.625 bits per heavy atom. The zero-order valence-corrected chi connectivity index (χ0v) is 27.5. The summed E-state index contributed by atoms with van der Waals surface area (Å²) in [6, 6.07) is 0. The Morgan fingerprint density at radius 3 is 1.18 bits per heavy atom. The molecule has 0 aromatic rings. The zero-order valence-electron chi connectivity index (χ0n) is 27.5. The van der Waals surface area contributed by atoms with E-state index in [1.807, 2.05) is 13.8 Å². The number of hydrogen-bond donors (Lipinski definition) is 0. The summed E-state index contributed by atoms with van der Waals surface area (Å²) in [7, 11) is 0. The molecule has 0 saturated heterocycles. The first-order chi connectivity index (χ1) is 17.6. The molecule has 0 N–H and O–H groups in total. The smallest absolute Gasteiger partial charge is 0.244 e. The van der Waals surface area contributed by atoms with Gasteiger partial charge >= 0.3 is 12.4 Å². The second-order valence-corrected chi connectivity index (χ2v) is 14.6. The first-order valence-electron chi connectivity index (χ1n) is 15.1. The van der Waals surface area contributed by atoms with Gasteiger partial charge in [-0.1, -0.05) is 76.2 Å². The van der Waals surface area contributed by atoms with Gasteiger partial charge < -0.3 is 0 Å². The summed E-state index contributed by atoms with van der Waals surface area (Å²) in [6.07, 6.45) is -3.46. The van der Waals surface area contributed by atoms with Crippen LogP contribution in [0.1, 0.15) is 129 Å². The number of alkyl halides is 8. The van der Waals surface area contributed by atoms with Crippen molar-refractivity contribution in [3.05, 3.63) is 0 Å². The van der Waals surface area contributed by atoms with Crippen LogP contribution in [-0.2, 0) is 0 Å². The predicted molar refractivity (Wildman–Crippen MR) is 153 cm³/mol. The molecule has 0 amide bonds. The van der Waals surface area contributed by atoms with Crippen LogP contribution in [0.5, 0.6) is 0 Å². The lowest BCUT2D eigenvalue weighted by Gasteiger charge is -2.41. The highest BCUT2D eigenvalue weighted by atomic mass is 19.4. The molecule has 0 aromatic heterocycles. The standard InChI is InChI=1S/C9H17F.C8H15F3.C8H15F.C7H13F3/c1-7(2)4-8-5-9(3,10)6-8;1-5(2)6(3)7(4)8(9,10)11;1-6(2)7-4-8(3,9)5-7;1-5(2)4-6(3)7(8,9)10/h7-8H,4-6H2,1-3H3;5-7H,1-4H3;6-7H,4-5H2,1-3H3;5-6H,4H2,1-3H3. The molecule has 0 heterocycles. The molecule has 2 aliphatic rings. The molecular formula is C32H60F8. The van der Waals surface area contributed by atoms with E-state index < -0.39 is 35.5 Å². The summed E-state index contributed by atoms with van der Waals surface area (Å²) >= 11 is 0. The molecule has 0 bridgehead atoms. The first-order valence-corrected chi connectivity index (χ1v) is 15.1. The van der Waals surface area contributed by atoms with E-state index in [2.05, 4.69) is 27.7 Å². The number of hydrogen-bond acceptors (Lipinski definition) is 0. The van der Waals surface area contributed by atoms with Crippen LogP contribution >= 0.6 is 0 Å². The van der Waals surface area contributed by atoms with Crippen molar-refractivity contribution in [2.75, 3.05) is 0 Å². The highest BCUT2D eigenvalue weighted by molar-refractivity contribution is 4.92. The van der Waals surface area contributed by atoms with Crippen LogP contribution in [0.15, 0.2) is 0 Å². The molecule has 2 fully saturated rings. The lowest BCUT2D eigenvalue weighted by atomic mass is 9.68. The zero-order chi connectivity index (χ0) is 32.4. The van der Waals surface area contributed by atoms with Crippen molar-refractivity contribution >= 4 is 0 Å². The van der Waals surface area contributed by atoms with E-state index in [1.165, 1.54) is 20.3 Å². The molecule has 0 aliphatic heterocycles. The van der Waals surface area contributed by atoms with Crippen LogP contribution in [0.2, 0.25) is 0 Å². The van der Waals surface area contributed by atoms with Crippen molar-refractivity contribution in [1.82, 2.24) is 0 Å². The number of rotatable bonds is 7. The average Bonchev–Trinajstić information content (AvgIpc) is 2.68. The predicted octanol–water partition coefficient (Wildman–Crippen LogP) is 12.7. The van der Waals surface area contributed by atoms with Gasteiger partial charge in [-0.25, -0.2) is 8.78 Å². The van der Waals surface area contributed by atoms with E-state index in [0.717, 1.165) is 31.6 Å². The molecule has 0 spiro atoms. The van der Waals surface area contributed by atoms with Crippen LogP contribution in [0.3, 0.4) is 0 Å². The Balaban J connectivity index is 0. The van der Waals surface area contributed by atoms with Gasteiger partial charge in [-0.2, -0.15) is 26.3 Å². The van der Waals surface area contributed by atoms with Crippen molar-refractivity contribution in [1.29, 1.82) is 0 Å². The SMILES string of the molecule is CC(C)C(C)C(C)C(F)(F)F.CC(C)C1CC(C)(F)C1.CC(C)CC(C)C(F)(F)F.CC(C)CC1CC(C)(F)C1. The minimum Gasteiger partial charge on any atom is -0.244 e.